The first-order valence-corrected chi connectivity index (χ1v) is 4.28. The van der Waals surface area contributed by atoms with Gasteiger partial charge in [-0.2, -0.15) is 13.2 Å². The quantitative estimate of drug-likeness (QED) is 0.555. The summed E-state index contributed by atoms with van der Waals surface area (Å²) >= 11 is 0. The zero-order valence-electron chi connectivity index (χ0n) is 8.18. The van der Waals surface area contributed by atoms with E-state index in [0.29, 0.717) is 12.8 Å². The summed E-state index contributed by atoms with van der Waals surface area (Å²) in [5.41, 5.74) is 0. The van der Waals surface area contributed by atoms with Crippen LogP contribution in [0, 0.1) is 5.92 Å². The minimum absolute atomic E-state index is 0. The number of ether oxygens (including phenoxy) is 2. The van der Waals surface area contributed by atoms with Crippen molar-refractivity contribution in [2.24, 2.45) is 5.92 Å². The third kappa shape index (κ3) is 6.29. The van der Waals surface area contributed by atoms with Gasteiger partial charge in [-0.25, -0.2) is 0 Å². The van der Waals surface area contributed by atoms with E-state index < -0.39 is 18.8 Å². The molecule has 0 bridgehead atoms. The summed E-state index contributed by atoms with van der Waals surface area (Å²) in [5, 5.41) is 0. The van der Waals surface area contributed by atoms with Crippen molar-refractivity contribution in [1.82, 2.24) is 0 Å². The maximum Gasteiger partial charge on any atom is 0.519 e. The van der Waals surface area contributed by atoms with Crippen molar-refractivity contribution in [2.45, 2.75) is 31.6 Å². The largest absolute Gasteiger partial charge is 0.519 e. The van der Waals surface area contributed by atoms with E-state index >= 15 is 0 Å². The Morgan fingerprint density at radius 1 is 1.12 bits per heavy atom. The molecule has 1 atom stereocenters. The molecule has 0 aromatic rings. The minimum Gasteiger partial charge on any atom is -0.344 e. The lowest BCUT2D eigenvalue weighted by Crippen LogP contribution is -2.41. The van der Waals surface area contributed by atoms with Crippen LogP contribution >= 0.6 is 12.4 Å². The molecule has 3 nitrogen and oxygen atoms in total. The molecule has 0 N–H and O–H groups in total. The molecule has 1 aliphatic carbocycles. The first-order valence-electron chi connectivity index (χ1n) is 4.28. The second-order valence-electron chi connectivity index (χ2n) is 3.31. The maximum absolute atomic E-state index is 12.1. The summed E-state index contributed by atoms with van der Waals surface area (Å²) in [7, 11) is 0. The van der Waals surface area contributed by atoms with Gasteiger partial charge in [0.15, 0.2) is 0 Å². The van der Waals surface area contributed by atoms with Crippen molar-refractivity contribution in [3.8, 4) is 0 Å². The van der Waals surface area contributed by atoms with Gasteiger partial charge in [0.2, 0.25) is 0 Å². The number of hydrogen-bond acceptors (Lipinski definition) is 3. The Morgan fingerprint density at radius 2 is 1.65 bits per heavy atom. The van der Waals surface area contributed by atoms with Crippen LogP contribution in [-0.2, 0) is 14.4 Å². The molecule has 0 aromatic carbocycles. The van der Waals surface area contributed by atoms with Crippen LogP contribution in [0.15, 0.2) is 0 Å². The fraction of sp³-hybridized carbons (Fsp3) is 1.00. The minimum atomic E-state index is -5.18. The highest BCUT2D eigenvalue weighted by Gasteiger charge is 2.50. The molecule has 104 valence electrons. The molecule has 0 amide bonds. The van der Waals surface area contributed by atoms with Crippen molar-refractivity contribution < 1.29 is 40.9 Å². The molecule has 0 saturated heterocycles. The summed E-state index contributed by atoms with van der Waals surface area (Å²) in [6, 6.07) is 0. The molecule has 10 heteroatoms. The van der Waals surface area contributed by atoms with E-state index in [9.17, 15) is 26.5 Å². The summed E-state index contributed by atoms with van der Waals surface area (Å²) in [6.45, 7) is -0.369. The van der Waals surface area contributed by atoms with Crippen LogP contribution < -0.4 is 0 Å². The van der Waals surface area contributed by atoms with E-state index in [2.05, 4.69) is 9.47 Å². The second-order valence-corrected chi connectivity index (χ2v) is 3.31. The second kappa shape index (κ2) is 6.07. The van der Waals surface area contributed by atoms with Gasteiger partial charge < -0.3 is 4.74 Å². The van der Waals surface area contributed by atoms with Gasteiger partial charge in [-0.05, 0) is 23.3 Å². The molecule has 0 aromatic heterocycles. The van der Waals surface area contributed by atoms with Gasteiger partial charge in [-0.15, -0.1) is 21.2 Å². The third-order valence-electron chi connectivity index (χ3n) is 1.78. The lowest BCUT2D eigenvalue weighted by atomic mass is 10.5. The predicted octanol–water partition coefficient (Wildman–Crippen LogP) is 3.19. The summed E-state index contributed by atoms with van der Waals surface area (Å²) in [5.74, 6) is -0.0895. The molecule has 17 heavy (non-hydrogen) atoms. The van der Waals surface area contributed by atoms with E-state index in [1.165, 1.54) is 0 Å². The van der Waals surface area contributed by atoms with Gasteiger partial charge >= 0.3 is 12.5 Å². The molecule has 0 radical (unpaired) electrons. The zero-order valence-corrected chi connectivity index (χ0v) is 8.99. The maximum atomic E-state index is 12.1. The molecule has 1 saturated carbocycles. The fourth-order valence-corrected chi connectivity index (χ4v) is 0.846. The highest BCUT2D eigenvalue weighted by Crippen LogP contribution is 2.34. The average Bonchev–Trinajstić information content (AvgIpc) is 2.94. The fourth-order valence-electron chi connectivity index (χ4n) is 0.846. The molecule has 1 aliphatic rings. The lowest BCUT2D eigenvalue weighted by Gasteiger charge is -2.23. The SMILES string of the molecule is Cl.FOC(F)(F)OC(OCC1CC1)C(F)(F)F. The molecule has 0 aliphatic heterocycles. The van der Waals surface area contributed by atoms with Gasteiger partial charge in [0.05, 0.1) is 6.61 Å². The Labute approximate surface area is 98.3 Å². The third-order valence-corrected chi connectivity index (χ3v) is 1.78. The molecular formula is C7H9ClF6O3. The summed E-state index contributed by atoms with van der Waals surface area (Å²) in [4.78, 5) is 1.95. The van der Waals surface area contributed by atoms with Crippen LogP contribution in [0.3, 0.4) is 0 Å². The Bertz CT molecular complexity index is 232. The Kier molecular flexibility index (Phi) is 5.99. The van der Waals surface area contributed by atoms with Crippen LogP contribution in [-0.4, -0.2) is 25.4 Å². The van der Waals surface area contributed by atoms with Crippen molar-refractivity contribution in [1.29, 1.82) is 0 Å². The van der Waals surface area contributed by atoms with Crippen LogP contribution in [0.1, 0.15) is 12.8 Å². The molecule has 0 heterocycles. The summed E-state index contributed by atoms with van der Waals surface area (Å²) in [6.07, 6.45) is -12.0. The number of hydrogen-bond donors (Lipinski definition) is 0. The van der Waals surface area contributed by atoms with E-state index in [1.807, 2.05) is 4.94 Å². The highest BCUT2D eigenvalue weighted by atomic mass is 35.5. The standard InChI is InChI=1S/C7H8F6O3.ClH/c8-6(9,10)5(14-3-4-1-2-4)15-7(11,12)16-13;/h4-5H,1-3H2;1H. The van der Waals surface area contributed by atoms with Crippen LogP contribution in [0.4, 0.5) is 26.5 Å². The molecular weight excluding hydrogens is 282 g/mol. The average molecular weight is 291 g/mol. The van der Waals surface area contributed by atoms with Gasteiger partial charge in [0.1, 0.15) is 0 Å². The van der Waals surface area contributed by atoms with E-state index in [0.717, 1.165) is 0 Å². The highest BCUT2D eigenvalue weighted by molar-refractivity contribution is 5.85. The molecule has 0 spiro atoms. The van der Waals surface area contributed by atoms with Gasteiger partial charge in [-0.1, -0.05) is 4.94 Å². The van der Waals surface area contributed by atoms with Gasteiger partial charge in [0, 0.05) is 0 Å². The Balaban J connectivity index is 0.00000256. The van der Waals surface area contributed by atoms with E-state index in [4.69, 9.17) is 0 Å². The van der Waals surface area contributed by atoms with Gasteiger partial charge in [0.25, 0.3) is 6.29 Å². The summed E-state index contributed by atoms with van der Waals surface area (Å²) < 4.78 is 78.7. The van der Waals surface area contributed by atoms with E-state index in [1.54, 1.807) is 0 Å². The van der Waals surface area contributed by atoms with Crippen LogP contribution in [0.5, 0.6) is 0 Å². The monoisotopic (exact) mass is 290 g/mol. The first-order chi connectivity index (χ1) is 7.24. The van der Waals surface area contributed by atoms with Crippen molar-refractivity contribution >= 4 is 12.4 Å². The molecule has 1 fully saturated rings. The van der Waals surface area contributed by atoms with E-state index in [-0.39, 0.29) is 24.9 Å². The predicted molar refractivity (Wildman–Crippen MR) is 44.0 cm³/mol. The van der Waals surface area contributed by atoms with Crippen LogP contribution in [0.25, 0.3) is 0 Å². The zero-order chi connectivity index (χ0) is 12.4. The lowest BCUT2D eigenvalue weighted by molar-refractivity contribution is -0.510. The Morgan fingerprint density at radius 3 is 2.00 bits per heavy atom. The van der Waals surface area contributed by atoms with Crippen molar-refractivity contribution in [3.05, 3.63) is 0 Å². The smallest absolute Gasteiger partial charge is 0.344 e. The normalized spacial score (nSPS) is 18.7. The number of alkyl halides is 5. The van der Waals surface area contributed by atoms with Gasteiger partial charge in [-0.3, -0.25) is 4.74 Å². The first kappa shape index (κ1) is 16.8. The van der Waals surface area contributed by atoms with Crippen molar-refractivity contribution in [3.63, 3.8) is 0 Å². The topological polar surface area (TPSA) is 27.7 Å². The number of rotatable bonds is 6. The molecule has 1 unspecified atom stereocenters. The number of halogens is 7. The molecule has 1 rings (SSSR count). The van der Waals surface area contributed by atoms with Crippen molar-refractivity contribution in [2.75, 3.05) is 6.61 Å². The van der Waals surface area contributed by atoms with Crippen LogP contribution in [0.2, 0.25) is 0 Å². The Hall–Kier alpha value is -0.250.